The number of alkyl halides is 1. The highest BCUT2D eigenvalue weighted by Crippen LogP contribution is 2.39. The molecule has 0 radical (unpaired) electrons. The fourth-order valence-corrected chi connectivity index (χ4v) is 2.30. The van der Waals surface area contributed by atoms with E-state index in [0.29, 0.717) is 13.1 Å². The molecule has 2 rings (SSSR count). The van der Waals surface area contributed by atoms with Crippen molar-refractivity contribution in [2.45, 2.75) is 6.04 Å². The van der Waals surface area contributed by atoms with E-state index in [2.05, 4.69) is 5.32 Å². The van der Waals surface area contributed by atoms with Crippen LogP contribution in [0.2, 0.25) is 0 Å². The van der Waals surface area contributed by atoms with E-state index >= 15 is 0 Å². The normalized spacial score (nSPS) is 18.7. The highest BCUT2D eigenvalue weighted by atomic mass is 19.1. The van der Waals surface area contributed by atoms with Gasteiger partial charge in [-0.05, 0) is 0 Å². The number of rotatable bonds is 3. The summed E-state index contributed by atoms with van der Waals surface area (Å²) in [7, 11) is 0. The zero-order valence-corrected chi connectivity index (χ0v) is 9.93. The van der Waals surface area contributed by atoms with Crippen LogP contribution in [-0.4, -0.2) is 53.1 Å². The van der Waals surface area contributed by atoms with Gasteiger partial charge in [0.2, 0.25) is 0 Å². The second-order valence-corrected chi connectivity index (χ2v) is 4.35. The van der Waals surface area contributed by atoms with Crippen molar-refractivity contribution in [3.8, 4) is 17.2 Å². The molecule has 1 saturated heterocycles. The second-order valence-electron chi connectivity index (χ2n) is 4.35. The van der Waals surface area contributed by atoms with Crippen LogP contribution in [-0.2, 0) is 0 Å². The van der Waals surface area contributed by atoms with Crippen LogP contribution >= 0.6 is 0 Å². The number of hydrogen-bond acceptors (Lipinski definition) is 5. The van der Waals surface area contributed by atoms with Gasteiger partial charge in [-0.25, -0.2) is 4.39 Å². The van der Waals surface area contributed by atoms with Gasteiger partial charge in [-0.1, -0.05) is 0 Å². The van der Waals surface area contributed by atoms with Gasteiger partial charge in [0, 0.05) is 38.3 Å². The van der Waals surface area contributed by atoms with E-state index in [4.69, 9.17) is 0 Å². The maximum Gasteiger partial charge on any atom is 0.127 e. The van der Waals surface area contributed by atoms with Crippen LogP contribution in [0.1, 0.15) is 11.6 Å². The summed E-state index contributed by atoms with van der Waals surface area (Å²) >= 11 is 0. The van der Waals surface area contributed by atoms with Gasteiger partial charge in [-0.3, -0.25) is 4.90 Å². The average molecular weight is 256 g/mol. The van der Waals surface area contributed by atoms with Crippen LogP contribution in [0.3, 0.4) is 0 Å². The van der Waals surface area contributed by atoms with E-state index < -0.39 is 12.7 Å². The number of halogens is 1. The summed E-state index contributed by atoms with van der Waals surface area (Å²) in [6.07, 6.45) is 0. The number of benzene rings is 1. The summed E-state index contributed by atoms with van der Waals surface area (Å²) in [5.41, 5.74) is 0.136. The summed E-state index contributed by atoms with van der Waals surface area (Å²) in [6.45, 7) is 2.08. The maximum absolute atomic E-state index is 13.2. The van der Waals surface area contributed by atoms with Gasteiger partial charge < -0.3 is 20.6 Å². The molecule has 1 aliphatic rings. The van der Waals surface area contributed by atoms with Gasteiger partial charge >= 0.3 is 0 Å². The number of piperazine rings is 1. The Balaban J connectivity index is 2.32. The van der Waals surface area contributed by atoms with Crippen molar-refractivity contribution in [1.82, 2.24) is 10.2 Å². The van der Waals surface area contributed by atoms with E-state index in [0.717, 1.165) is 25.2 Å². The van der Waals surface area contributed by atoms with Gasteiger partial charge in [0.15, 0.2) is 0 Å². The lowest BCUT2D eigenvalue weighted by Gasteiger charge is -2.34. The topological polar surface area (TPSA) is 76.0 Å². The van der Waals surface area contributed by atoms with Crippen LogP contribution in [0, 0.1) is 0 Å². The summed E-state index contributed by atoms with van der Waals surface area (Å²) < 4.78 is 13.2. The van der Waals surface area contributed by atoms with E-state index in [1.807, 2.05) is 4.90 Å². The summed E-state index contributed by atoms with van der Waals surface area (Å²) in [6, 6.07) is 1.53. The lowest BCUT2D eigenvalue weighted by atomic mass is 10.0. The van der Waals surface area contributed by atoms with Crippen molar-refractivity contribution < 1.29 is 19.7 Å². The predicted molar refractivity (Wildman–Crippen MR) is 64.6 cm³/mol. The first-order valence-corrected chi connectivity index (χ1v) is 5.89. The molecule has 0 amide bonds. The van der Waals surface area contributed by atoms with E-state index in [1.165, 1.54) is 0 Å². The Morgan fingerprint density at radius 2 is 1.72 bits per heavy atom. The third kappa shape index (κ3) is 2.49. The second kappa shape index (κ2) is 5.41. The molecule has 0 spiro atoms. The first-order valence-electron chi connectivity index (χ1n) is 5.89. The van der Waals surface area contributed by atoms with E-state index in [1.54, 1.807) is 0 Å². The molecule has 1 aromatic carbocycles. The van der Waals surface area contributed by atoms with E-state index in [9.17, 15) is 19.7 Å². The minimum Gasteiger partial charge on any atom is -0.508 e. The predicted octanol–water partition coefficient (Wildman–Crippen LogP) is 0.719. The highest BCUT2D eigenvalue weighted by molar-refractivity contribution is 5.50. The van der Waals surface area contributed by atoms with E-state index in [-0.39, 0.29) is 22.8 Å². The number of nitrogens with zero attached hydrogens (tertiary/aromatic N) is 1. The number of phenols is 3. The molecule has 100 valence electrons. The first kappa shape index (κ1) is 12.9. The molecule has 1 aliphatic heterocycles. The lowest BCUT2D eigenvalue weighted by molar-refractivity contribution is 0.142. The highest BCUT2D eigenvalue weighted by Gasteiger charge is 2.27. The minimum absolute atomic E-state index is 0.136. The number of phenolic OH excluding ortho intramolecular Hbond substituents is 3. The number of nitrogens with one attached hydrogen (secondary N) is 1. The van der Waals surface area contributed by atoms with Gasteiger partial charge in [0.05, 0.1) is 11.6 Å². The molecule has 5 nitrogen and oxygen atoms in total. The molecule has 1 atom stereocenters. The fourth-order valence-electron chi connectivity index (χ4n) is 2.30. The number of hydrogen-bond donors (Lipinski definition) is 4. The monoisotopic (exact) mass is 256 g/mol. The molecule has 1 fully saturated rings. The van der Waals surface area contributed by atoms with Crippen molar-refractivity contribution >= 4 is 0 Å². The Bertz CT molecular complexity index is 399. The summed E-state index contributed by atoms with van der Waals surface area (Å²) in [4.78, 5) is 1.86. The van der Waals surface area contributed by atoms with Gasteiger partial charge in [0.25, 0.3) is 0 Å². The SMILES string of the molecule is Oc1cc(O)c([C@@H](CF)N2CCNCC2)c(O)c1. The van der Waals surface area contributed by atoms with Gasteiger partial charge in [-0.2, -0.15) is 0 Å². The third-order valence-electron chi connectivity index (χ3n) is 3.19. The summed E-state index contributed by atoms with van der Waals surface area (Å²) in [5, 5.41) is 32.0. The van der Waals surface area contributed by atoms with Crippen LogP contribution in [0.15, 0.2) is 12.1 Å². The Labute approximate surface area is 104 Å². The van der Waals surface area contributed by atoms with Crippen LogP contribution in [0.4, 0.5) is 4.39 Å². The molecule has 0 aromatic heterocycles. The Kier molecular flexibility index (Phi) is 3.88. The third-order valence-corrected chi connectivity index (χ3v) is 3.19. The minimum atomic E-state index is -0.702. The molecule has 0 saturated carbocycles. The molecular formula is C12H17FN2O3. The molecule has 1 aromatic rings. The molecule has 6 heteroatoms. The Morgan fingerprint density at radius 1 is 1.17 bits per heavy atom. The Morgan fingerprint density at radius 3 is 2.22 bits per heavy atom. The summed E-state index contributed by atoms with van der Waals surface area (Å²) in [5.74, 6) is -0.811. The molecule has 0 aliphatic carbocycles. The Hall–Kier alpha value is -1.53. The average Bonchev–Trinajstić information content (AvgIpc) is 2.34. The molecular weight excluding hydrogens is 239 g/mol. The first-order chi connectivity index (χ1) is 8.63. The lowest BCUT2D eigenvalue weighted by Crippen LogP contribution is -2.45. The molecule has 0 unspecified atom stereocenters. The zero-order valence-electron chi connectivity index (χ0n) is 9.93. The quantitative estimate of drug-likeness (QED) is 0.641. The molecule has 1 heterocycles. The van der Waals surface area contributed by atoms with Gasteiger partial charge in [-0.15, -0.1) is 0 Å². The maximum atomic E-state index is 13.2. The smallest absolute Gasteiger partial charge is 0.127 e. The van der Waals surface area contributed by atoms with Crippen molar-refractivity contribution in [2.75, 3.05) is 32.9 Å². The van der Waals surface area contributed by atoms with Crippen LogP contribution < -0.4 is 5.32 Å². The number of aromatic hydroxyl groups is 3. The van der Waals surface area contributed by atoms with Crippen molar-refractivity contribution in [3.63, 3.8) is 0 Å². The fraction of sp³-hybridized carbons (Fsp3) is 0.500. The van der Waals surface area contributed by atoms with Crippen molar-refractivity contribution in [3.05, 3.63) is 17.7 Å². The van der Waals surface area contributed by atoms with Crippen LogP contribution in [0.5, 0.6) is 17.2 Å². The molecule has 18 heavy (non-hydrogen) atoms. The van der Waals surface area contributed by atoms with Gasteiger partial charge in [0.1, 0.15) is 23.9 Å². The molecule has 4 N–H and O–H groups in total. The zero-order chi connectivity index (χ0) is 13.1. The van der Waals surface area contributed by atoms with Crippen molar-refractivity contribution in [1.29, 1.82) is 0 Å². The van der Waals surface area contributed by atoms with Crippen LogP contribution in [0.25, 0.3) is 0 Å². The van der Waals surface area contributed by atoms with Crippen molar-refractivity contribution in [2.24, 2.45) is 0 Å². The standard InChI is InChI=1S/C12H17FN2O3/c13-7-9(15-3-1-14-2-4-15)12-10(17)5-8(16)6-11(12)18/h5-6,9,14,16-18H,1-4,7H2/t9-/m1/s1. The largest absolute Gasteiger partial charge is 0.508 e. The molecule has 0 bridgehead atoms.